The van der Waals surface area contributed by atoms with E-state index in [-0.39, 0.29) is 23.9 Å². The SMILES string of the molecule is CC(C)Cn1nc(-c2ccc(F)c(F)c2)cc(CN(C)C)c1=O.Cl. The summed E-state index contributed by atoms with van der Waals surface area (Å²) < 4.78 is 28.0. The van der Waals surface area contributed by atoms with Crippen molar-refractivity contribution in [2.75, 3.05) is 14.1 Å². The van der Waals surface area contributed by atoms with E-state index in [0.717, 1.165) is 12.1 Å². The fourth-order valence-corrected chi connectivity index (χ4v) is 2.32. The first kappa shape index (κ1) is 20.3. The number of nitrogens with zero attached hydrogens (tertiary/aromatic N) is 3. The van der Waals surface area contributed by atoms with Gasteiger partial charge in [-0.1, -0.05) is 13.8 Å². The third kappa shape index (κ3) is 4.85. The van der Waals surface area contributed by atoms with E-state index in [0.29, 0.717) is 29.9 Å². The molecule has 0 fully saturated rings. The quantitative estimate of drug-likeness (QED) is 0.823. The summed E-state index contributed by atoms with van der Waals surface area (Å²) in [5.41, 5.74) is 1.33. The lowest BCUT2D eigenvalue weighted by atomic mass is 10.1. The van der Waals surface area contributed by atoms with Gasteiger partial charge in [-0.3, -0.25) is 4.79 Å². The Morgan fingerprint density at radius 3 is 2.38 bits per heavy atom. The maximum absolute atomic E-state index is 13.5. The molecule has 132 valence electrons. The van der Waals surface area contributed by atoms with Crippen LogP contribution in [-0.4, -0.2) is 28.8 Å². The molecular weight excluding hydrogens is 336 g/mol. The van der Waals surface area contributed by atoms with Crippen LogP contribution in [0.25, 0.3) is 11.3 Å². The zero-order valence-electron chi connectivity index (χ0n) is 14.2. The molecule has 1 aromatic heterocycles. The number of benzene rings is 1. The predicted molar refractivity (Wildman–Crippen MR) is 93.3 cm³/mol. The molecule has 0 spiro atoms. The van der Waals surface area contributed by atoms with E-state index in [9.17, 15) is 13.6 Å². The lowest BCUT2D eigenvalue weighted by Crippen LogP contribution is -2.30. The molecule has 0 unspecified atom stereocenters. The fraction of sp³-hybridized carbons (Fsp3) is 0.412. The van der Waals surface area contributed by atoms with E-state index in [1.54, 1.807) is 6.07 Å². The molecule has 0 amide bonds. The lowest BCUT2D eigenvalue weighted by molar-refractivity contribution is 0.392. The molecule has 0 atom stereocenters. The first-order chi connectivity index (χ1) is 10.8. The van der Waals surface area contributed by atoms with Gasteiger partial charge in [-0.2, -0.15) is 5.10 Å². The van der Waals surface area contributed by atoms with Gasteiger partial charge in [0.1, 0.15) is 0 Å². The topological polar surface area (TPSA) is 38.1 Å². The summed E-state index contributed by atoms with van der Waals surface area (Å²) in [5.74, 6) is -1.59. The van der Waals surface area contributed by atoms with Gasteiger partial charge in [0.2, 0.25) is 0 Å². The molecule has 2 aromatic rings. The van der Waals surface area contributed by atoms with Gasteiger partial charge in [0.25, 0.3) is 5.56 Å². The van der Waals surface area contributed by atoms with Crippen molar-refractivity contribution in [1.29, 1.82) is 0 Å². The van der Waals surface area contributed by atoms with Crippen molar-refractivity contribution >= 4 is 12.4 Å². The highest BCUT2D eigenvalue weighted by atomic mass is 35.5. The Balaban J connectivity index is 0.00000288. The third-order valence-corrected chi connectivity index (χ3v) is 3.29. The third-order valence-electron chi connectivity index (χ3n) is 3.29. The smallest absolute Gasteiger partial charge is 0.271 e. The number of halogens is 3. The molecule has 2 rings (SSSR count). The first-order valence-corrected chi connectivity index (χ1v) is 7.49. The van der Waals surface area contributed by atoms with E-state index in [1.165, 1.54) is 10.7 Å². The van der Waals surface area contributed by atoms with Crippen LogP contribution in [0.2, 0.25) is 0 Å². The fourth-order valence-electron chi connectivity index (χ4n) is 2.32. The van der Waals surface area contributed by atoms with Gasteiger partial charge in [-0.25, -0.2) is 13.5 Å². The van der Waals surface area contributed by atoms with Crippen LogP contribution in [-0.2, 0) is 13.1 Å². The van der Waals surface area contributed by atoms with Crippen molar-refractivity contribution in [1.82, 2.24) is 14.7 Å². The summed E-state index contributed by atoms with van der Waals surface area (Å²) in [6, 6.07) is 5.27. The second kappa shape index (κ2) is 8.35. The minimum absolute atomic E-state index is 0. The van der Waals surface area contributed by atoms with Gasteiger partial charge in [-0.15, -0.1) is 12.4 Å². The maximum atomic E-state index is 13.5. The number of rotatable bonds is 5. The van der Waals surface area contributed by atoms with E-state index in [2.05, 4.69) is 5.10 Å². The standard InChI is InChI=1S/C17H21F2N3O.ClH/c1-11(2)9-22-17(23)13(10-21(3)4)8-16(20-22)12-5-6-14(18)15(19)7-12;/h5-8,11H,9-10H2,1-4H3;1H. The van der Waals surface area contributed by atoms with Crippen molar-refractivity contribution in [2.45, 2.75) is 26.9 Å². The Hall–Kier alpha value is -1.79. The van der Waals surface area contributed by atoms with Gasteiger partial charge in [0, 0.05) is 24.2 Å². The Morgan fingerprint density at radius 1 is 1.17 bits per heavy atom. The van der Waals surface area contributed by atoms with E-state index >= 15 is 0 Å². The predicted octanol–water partition coefficient (Wildman–Crippen LogP) is 3.33. The second-order valence-corrected chi connectivity index (χ2v) is 6.30. The zero-order valence-corrected chi connectivity index (χ0v) is 15.0. The van der Waals surface area contributed by atoms with Crippen molar-refractivity contribution in [3.8, 4) is 11.3 Å². The monoisotopic (exact) mass is 357 g/mol. The van der Waals surface area contributed by atoms with Gasteiger partial charge < -0.3 is 4.90 Å². The van der Waals surface area contributed by atoms with Crippen molar-refractivity contribution in [2.24, 2.45) is 5.92 Å². The summed E-state index contributed by atoms with van der Waals surface area (Å²) in [6.45, 7) is 4.90. The zero-order chi connectivity index (χ0) is 17.1. The second-order valence-electron chi connectivity index (χ2n) is 6.30. The minimum Gasteiger partial charge on any atom is -0.305 e. The molecule has 0 saturated heterocycles. The van der Waals surface area contributed by atoms with Gasteiger partial charge in [0.05, 0.1) is 5.69 Å². The van der Waals surface area contributed by atoms with Crippen LogP contribution in [0.4, 0.5) is 8.78 Å². The number of hydrogen-bond acceptors (Lipinski definition) is 3. The van der Waals surface area contributed by atoms with Gasteiger partial charge in [0.15, 0.2) is 11.6 Å². The van der Waals surface area contributed by atoms with Crippen LogP contribution in [0.15, 0.2) is 29.1 Å². The van der Waals surface area contributed by atoms with E-state index in [1.807, 2.05) is 32.8 Å². The Bertz CT molecular complexity index is 726. The molecule has 1 aromatic carbocycles. The lowest BCUT2D eigenvalue weighted by Gasteiger charge is -2.15. The van der Waals surface area contributed by atoms with Gasteiger partial charge in [-0.05, 0) is 44.3 Å². The number of hydrogen-bond donors (Lipinski definition) is 0. The largest absolute Gasteiger partial charge is 0.305 e. The van der Waals surface area contributed by atoms with Crippen LogP contribution in [0.5, 0.6) is 0 Å². The highest BCUT2D eigenvalue weighted by Crippen LogP contribution is 2.20. The summed E-state index contributed by atoms with van der Waals surface area (Å²) in [4.78, 5) is 14.4. The van der Waals surface area contributed by atoms with Crippen LogP contribution < -0.4 is 5.56 Å². The molecule has 4 nitrogen and oxygen atoms in total. The summed E-state index contributed by atoms with van der Waals surface area (Å²) in [6.07, 6.45) is 0. The van der Waals surface area contributed by atoms with Crippen molar-refractivity contribution in [3.63, 3.8) is 0 Å². The average molecular weight is 358 g/mol. The Labute approximate surface area is 146 Å². The van der Waals surface area contributed by atoms with E-state index < -0.39 is 11.6 Å². The number of aromatic nitrogens is 2. The summed E-state index contributed by atoms with van der Waals surface area (Å²) >= 11 is 0. The molecule has 0 aliphatic heterocycles. The van der Waals surface area contributed by atoms with Gasteiger partial charge >= 0.3 is 0 Å². The average Bonchev–Trinajstić information content (AvgIpc) is 2.45. The first-order valence-electron chi connectivity index (χ1n) is 7.49. The molecule has 24 heavy (non-hydrogen) atoms. The summed E-state index contributed by atoms with van der Waals surface area (Å²) in [5, 5.41) is 4.32. The van der Waals surface area contributed by atoms with Crippen LogP contribution in [0.1, 0.15) is 19.4 Å². The normalized spacial score (nSPS) is 11.0. The molecule has 1 heterocycles. The molecule has 0 radical (unpaired) electrons. The molecule has 0 aliphatic carbocycles. The van der Waals surface area contributed by atoms with Crippen molar-refractivity contribution < 1.29 is 8.78 Å². The molecule has 0 aliphatic rings. The Morgan fingerprint density at radius 2 is 1.83 bits per heavy atom. The molecule has 0 bridgehead atoms. The van der Waals surface area contributed by atoms with E-state index in [4.69, 9.17) is 0 Å². The molecule has 7 heteroatoms. The van der Waals surface area contributed by atoms with Crippen LogP contribution in [0, 0.1) is 17.6 Å². The maximum Gasteiger partial charge on any atom is 0.271 e. The highest BCUT2D eigenvalue weighted by Gasteiger charge is 2.13. The van der Waals surface area contributed by atoms with Crippen LogP contribution >= 0.6 is 12.4 Å². The van der Waals surface area contributed by atoms with Crippen molar-refractivity contribution in [3.05, 3.63) is 51.8 Å². The molecule has 0 N–H and O–H groups in total. The van der Waals surface area contributed by atoms with Crippen LogP contribution in [0.3, 0.4) is 0 Å². The minimum atomic E-state index is -0.930. The highest BCUT2D eigenvalue weighted by molar-refractivity contribution is 5.85. The Kier molecular flexibility index (Phi) is 7.05. The molecular formula is C17H22ClF2N3O. The molecule has 0 saturated carbocycles. The summed E-state index contributed by atoms with van der Waals surface area (Å²) in [7, 11) is 3.73.